The number of rotatable bonds is 6. The monoisotopic (exact) mass is 209 g/mol. The van der Waals surface area contributed by atoms with Gasteiger partial charge in [0.2, 0.25) is 5.91 Å². The Kier molecular flexibility index (Phi) is 4.57. The third-order valence-corrected chi connectivity index (χ3v) is 2.76. The number of nitrogens with one attached hydrogen (secondary N) is 1. The van der Waals surface area contributed by atoms with E-state index in [-0.39, 0.29) is 11.9 Å². The first-order valence-corrected chi connectivity index (χ1v) is 5.54. The van der Waals surface area contributed by atoms with Crippen LogP contribution in [0.1, 0.15) is 32.6 Å². The fourth-order valence-corrected chi connectivity index (χ4v) is 1.57. The molecule has 1 unspecified atom stereocenters. The van der Waals surface area contributed by atoms with Crippen molar-refractivity contribution in [2.45, 2.75) is 44.7 Å². The van der Waals surface area contributed by atoms with Gasteiger partial charge in [0.25, 0.3) is 0 Å². The molecule has 0 heterocycles. The Morgan fingerprint density at radius 1 is 1.67 bits per heavy atom. The summed E-state index contributed by atoms with van der Waals surface area (Å²) in [6.07, 6.45) is 3.63. The maximum atomic E-state index is 11.5. The van der Waals surface area contributed by atoms with E-state index in [1.807, 2.05) is 18.9 Å². The van der Waals surface area contributed by atoms with Crippen molar-refractivity contribution in [2.24, 2.45) is 0 Å². The molecular formula is C11H19N3O. The number of carbonyl (C=O) groups excluding carboxylic acids is 1. The van der Waals surface area contributed by atoms with Crippen molar-refractivity contribution in [3.05, 3.63) is 0 Å². The highest BCUT2D eigenvalue weighted by Gasteiger charge is 2.24. The summed E-state index contributed by atoms with van der Waals surface area (Å²) in [7, 11) is 1.90. The van der Waals surface area contributed by atoms with Gasteiger partial charge in [-0.3, -0.25) is 9.69 Å². The minimum absolute atomic E-state index is 0.0800. The van der Waals surface area contributed by atoms with Gasteiger partial charge in [-0.2, -0.15) is 5.26 Å². The first kappa shape index (κ1) is 12.0. The van der Waals surface area contributed by atoms with Crippen LogP contribution >= 0.6 is 0 Å². The second-order valence-corrected chi connectivity index (χ2v) is 4.18. The lowest BCUT2D eigenvalue weighted by atomic mass is 10.1. The number of nitriles is 1. The van der Waals surface area contributed by atoms with Crippen molar-refractivity contribution in [3.8, 4) is 6.07 Å². The maximum Gasteiger partial charge on any atom is 0.234 e. The van der Waals surface area contributed by atoms with Gasteiger partial charge < -0.3 is 5.32 Å². The van der Waals surface area contributed by atoms with Gasteiger partial charge in [-0.15, -0.1) is 0 Å². The molecule has 1 N–H and O–H groups in total. The number of hydrogen-bond acceptors (Lipinski definition) is 3. The Bertz CT molecular complexity index is 255. The molecule has 4 nitrogen and oxygen atoms in total. The predicted molar refractivity (Wildman–Crippen MR) is 58.1 cm³/mol. The molecule has 0 radical (unpaired) electrons. The van der Waals surface area contributed by atoms with Crippen LogP contribution in [0.5, 0.6) is 0 Å². The van der Waals surface area contributed by atoms with Gasteiger partial charge in [0.1, 0.15) is 0 Å². The summed E-state index contributed by atoms with van der Waals surface area (Å²) >= 11 is 0. The zero-order chi connectivity index (χ0) is 11.3. The molecule has 84 valence electrons. The Hall–Kier alpha value is -1.08. The van der Waals surface area contributed by atoms with Crippen LogP contribution < -0.4 is 5.32 Å². The quantitative estimate of drug-likeness (QED) is 0.706. The van der Waals surface area contributed by atoms with Gasteiger partial charge in [0, 0.05) is 12.1 Å². The van der Waals surface area contributed by atoms with Crippen LogP contribution in [0.25, 0.3) is 0 Å². The molecule has 1 saturated carbocycles. The number of hydrogen-bond donors (Lipinski definition) is 1. The molecule has 0 aromatic heterocycles. The third kappa shape index (κ3) is 4.30. The van der Waals surface area contributed by atoms with E-state index in [1.54, 1.807) is 0 Å². The summed E-state index contributed by atoms with van der Waals surface area (Å²) in [6.45, 7) is 2.44. The Labute approximate surface area is 91.2 Å². The van der Waals surface area contributed by atoms with Crippen molar-refractivity contribution in [1.29, 1.82) is 5.26 Å². The molecule has 4 heteroatoms. The lowest BCUT2D eigenvalue weighted by Crippen LogP contribution is -2.40. The molecule has 1 aliphatic carbocycles. The zero-order valence-corrected chi connectivity index (χ0v) is 9.49. The minimum Gasteiger partial charge on any atom is -0.352 e. The first-order chi connectivity index (χ1) is 7.17. The lowest BCUT2D eigenvalue weighted by Gasteiger charge is -2.24. The summed E-state index contributed by atoms with van der Waals surface area (Å²) < 4.78 is 0. The average molecular weight is 209 g/mol. The van der Waals surface area contributed by atoms with Gasteiger partial charge in [0.15, 0.2) is 0 Å². The third-order valence-electron chi connectivity index (χ3n) is 2.76. The number of amides is 1. The van der Waals surface area contributed by atoms with Crippen LogP contribution in [-0.2, 0) is 4.79 Å². The summed E-state index contributed by atoms with van der Waals surface area (Å²) in [5.41, 5.74) is 0. The van der Waals surface area contributed by atoms with Crippen molar-refractivity contribution in [1.82, 2.24) is 10.2 Å². The Morgan fingerprint density at radius 3 is 2.80 bits per heavy atom. The number of likely N-dealkylation sites (N-methyl/N-ethyl adjacent to an activating group) is 1. The molecule has 0 saturated heterocycles. The molecule has 1 aliphatic rings. The molecule has 1 fully saturated rings. The van der Waals surface area contributed by atoms with Gasteiger partial charge in [0.05, 0.1) is 19.0 Å². The number of nitrogens with zero attached hydrogens (tertiary/aromatic N) is 2. The SMILES string of the molecule is CCC(CC#N)N(C)CC(=O)NC1CC1. The fourth-order valence-electron chi connectivity index (χ4n) is 1.57. The highest BCUT2D eigenvalue weighted by molar-refractivity contribution is 5.78. The minimum atomic E-state index is 0.0800. The number of carbonyl (C=O) groups is 1. The standard InChI is InChI=1S/C11H19N3O/c1-3-10(6-7-12)14(2)8-11(15)13-9-4-5-9/h9-10H,3-6,8H2,1-2H3,(H,13,15). The maximum absolute atomic E-state index is 11.5. The molecule has 0 spiro atoms. The predicted octanol–water partition coefficient (Wildman–Crippen LogP) is 0.889. The van der Waals surface area contributed by atoms with Crippen molar-refractivity contribution < 1.29 is 4.79 Å². The summed E-state index contributed by atoms with van der Waals surface area (Å²) in [6, 6.07) is 2.77. The van der Waals surface area contributed by atoms with E-state index in [9.17, 15) is 4.79 Å². The summed E-state index contributed by atoms with van der Waals surface area (Å²) in [4.78, 5) is 13.5. The first-order valence-electron chi connectivity index (χ1n) is 5.54. The van der Waals surface area contributed by atoms with Crippen LogP contribution in [0, 0.1) is 11.3 Å². The molecule has 1 atom stereocenters. The van der Waals surface area contributed by atoms with Crippen LogP contribution in [0.4, 0.5) is 0 Å². The molecular weight excluding hydrogens is 190 g/mol. The molecule has 0 aliphatic heterocycles. The molecule has 1 amide bonds. The van der Waals surface area contributed by atoms with Crippen LogP contribution in [0.3, 0.4) is 0 Å². The summed E-state index contributed by atoms with van der Waals surface area (Å²) in [5, 5.41) is 11.6. The van der Waals surface area contributed by atoms with Crippen LogP contribution in [0.15, 0.2) is 0 Å². The highest BCUT2D eigenvalue weighted by Crippen LogP contribution is 2.18. The van der Waals surface area contributed by atoms with E-state index in [0.717, 1.165) is 19.3 Å². The van der Waals surface area contributed by atoms with E-state index >= 15 is 0 Å². The fraction of sp³-hybridized carbons (Fsp3) is 0.818. The molecule has 0 aromatic rings. The second kappa shape index (κ2) is 5.72. The Balaban J connectivity index is 2.27. The molecule has 0 bridgehead atoms. The van der Waals surface area contributed by atoms with Crippen molar-refractivity contribution in [3.63, 3.8) is 0 Å². The highest BCUT2D eigenvalue weighted by atomic mass is 16.2. The molecule has 1 rings (SSSR count). The van der Waals surface area contributed by atoms with Gasteiger partial charge in [-0.1, -0.05) is 6.92 Å². The topological polar surface area (TPSA) is 56.1 Å². The van der Waals surface area contributed by atoms with E-state index in [0.29, 0.717) is 19.0 Å². The lowest BCUT2D eigenvalue weighted by molar-refractivity contribution is -0.122. The van der Waals surface area contributed by atoms with E-state index < -0.39 is 0 Å². The normalized spacial score (nSPS) is 17.2. The van der Waals surface area contributed by atoms with E-state index in [4.69, 9.17) is 5.26 Å². The second-order valence-electron chi connectivity index (χ2n) is 4.18. The van der Waals surface area contributed by atoms with Gasteiger partial charge >= 0.3 is 0 Å². The Morgan fingerprint density at radius 2 is 2.33 bits per heavy atom. The average Bonchev–Trinajstić information content (AvgIpc) is 2.97. The van der Waals surface area contributed by atoms with Crippen LogP contribution in [0.2, 0.25) is 0 Å². The van der Waals surface area contributed by atoms with Crippen LogP contribution in [-0.4, -0.2) is 36.5 Å². The largest absolute Gasteiger partial charge is 0.352 e. The smallest absolute Gasteiger partial charge is 0.234 e. The molecule has 0 aromatic carbocycles. The summed E-state index contributed by atoms with van der Waals surface area (Å²) in [5.74, 6) is 0.0800. The van der Waals surface area contributed by atoms with E-state index in [2.05, 4.69) is 11.4 Å². The van der Waals surface area contributed by atoms with Crippen molar-refractivity contribution in [2.75, 3.05) is 13.6 Å². The zero-order valence-electron chi connectivity index (χ0n) is 9.49. The van der Waals surface area contributed by atoms with Gasteiger partial charge in [-0.25, -0.2) is 0 Å². The van der Waals surface area contributed by atoms with E-state index in [1.165, 1.54) is 0 Å². The molecule has 15 heavy (non-hydrogen) atoms. The van der Waals surface area contributed by atoms with Gasteiger partial charge in [-0.05, 0) is 26.3 Å². The van der Waals surface area contributed by atoms with Crippen molar-refractivity contribution >= 4 is 5.91 Å².